The summed E-state index contributed by atoms with van der Waals surface area (Å²) in [5.74, 6) is -2.48. The van der Waals surface area contributed by atoms with Crippen LogP contribution in [0.15, 0.2) is 36.1 Å². The first-order valence-electron chi connectivity index (χ1n) is 9.50. The number of fused-ring (bicyclic) bond motifs is 1. The number of rotatable bonds is 4. The number of hydrogen-bond donors (Lipinski definition) is 7. The van der Waals surface area contributed by atoms with Crippen molar-refractivity contribution in [3.63, 3.8) is 0 Å². The number of phenolic OH excluding ortho intramolecular Hbond substituents is 3. The van der Waals surface area contributed by atoms with E-state index in [4.69, 9.17) is 14.2 Å². The summed E-state index contributed by atoms with van der Waals surface area (Å²) in [4.78, 5) is 12.6. The minimum Gasteiger partial charge on any atom is -0.504 e. The highest BCUT2D eigenvalue weighted by molar-refractivity contribution is 6.15. The van der Waals surface area contributed by atoms with Crippen molar-refractivity contribution in [1.29, 1.82) is 0 Å². The zero-order valence-electron chi connectivity index (χ0n) is 16.3. The van der Waals surface area contributed by atoms with E-state index in [0.29, 0.717) is 5.56 Å². The summed E-state index contributed by atoms with van der Waals surface area (Å²) < 4.78 is 16.1. The molecule has 0 aromatic heterocycles. The van der Waals surface area contributed by atoms with Crippen molar-refractivity contribution in [2.24, 2.45) is 0 Å². The summed E-state index contributed by atoms with van der Waals surface area (Å²) in [6, 6.07) is 6.43. The Balaban J connectivity index is 1.59. The second-order valence-corrected chi connectivity index (χ2v) is 7.29. The highest BCUT2D eigenvalue weighted by Gasteiger charge is 2.45. The number of carbonyl (C=O) groups excluding carboxylic acids is 1. The third-order valence-electron chi connectivity index (χ3n) is 5.16. The number of aromatic hydroxyl groups is 3. The third kappa shape index (κ3) is 3.72. The summed E-state index contributed by atoms with van der Waals surface area (Å²) in [5.41, 5.74) is 0.381. The monoisotopic (exact) mass is 448 g/mol. The van der Waals surface area contributed by atoms with Gasteiger partial charge in [-0.15, -0.1) is 0 Å². The number of hydrogen-bond acceptors (Lipinski definition) is 11. The van der Waals surface area contributed by atoms with Crippen molar-refractivity contribution in [2.75, 3.05) is 6.61 Å². The molecule has 0 aliphatic carbocycles. The molecular formula is C21H20O11. The van der Waals surface area contributed by atoms with E-state index in [9.17, 15) is 40.5 Å². The molecule has 0 spiro atoms. The van der Waals surface area contributed by atoms with Gasteiger partial charge in [-0.05, 0) is 35.9 Å². The van der Waals surface area contributed by atoms with E-state index in [0.717, 1.165) is 0 Å². The van der Waals surface area contributed by atoms with Crippen LogP contribution < -0.4 is 9.47 Å². The fourth-order valence-corrected chi connectivity index (χ4v) is 3.39. The average Bonchev–Trinajstić information content (AvgIpc) is 3.09. The molecular weight excluding hydrogens is 428 g/mol. The maximum Gasteiger partial charge on any atom is 0.232 e. The number of carbonyl (C=O) groups is 1. The summed E-state index contributed by atoms with van der Waals surface area (Å²) >= 11 is 0. The number of ether oxygens (including phenoxy) is 3. The van der Waals surface area contributed by atoms with Crippen molar-refractivity contribution in [3.05, 3.63) is 47.2 Å². The van der Waals surface area contributed by atoms with Gasteiger partial charge in [-0.2, -0.15) is 0 Å². The molecule has 32 heavy (non-hydrogen) atoms. The summed E-state index contributed by atoms with van der Waals surface area (Å²) in [5, 5.41) is 68.6. The molecule has 2 aromatic rings. The fourth-order valence-electron chi connectivity index (χ4n) is 3.39. The topological polar surface area (TPSA) is 186 Å². The molecule has 0 amide bonds. The predicted octanol–water partition coefficient (Wildman–Crippen LogP) is -0.402. The van der Waals surface area contributed by atoms with Gasteiger partial charge in [-0.1, -0.05) is 6.07 Å². The van der Waals surface area contributed by atoms with Crippen LogP contribution in [0, 0.1) is 0 Å². The predicted molar refractivity (Wildman–Crippen MR) is 105 cm³/mol. The number of benzene rings is 2. The van der Waals surface area contributed by atoms with Gasteiger partial charge in [0.25, 0.3) is 0 Å². The normalized spacial score (nSPS) is 28.4. The largest absolute Gasteiger partial charge is 0.504 e. The molecule has 170 valence electrons. The molecule has 11 heteroatoms. The Morgan fingerprint density at radius 1 is 0.969 bits per heavy atom. The molecule has 5 atom stereocenters. The van der Waals surface area contributed by atoms with Crippen molar-refractivity contribution < 1.29 is 54.8 Å². The molecule has 1 fully saturated rings. The van der Waals surface area contributed by atoms with Crippen LogP contribution in [-0.4, -0.2) is 78.8 Å². The van der Waals surface area contributed by atoms with Crippen LogP contribution in [0.1, 0.15) is 15.9 Å². The lowest BCUT2D eigenvalue weighted by molar-refractivity contribution is -0.277. The van der Waals surface area contributed by atoms with Crippen molar-refractivity contribution >= 4 is 11.9 Å². The first kappa shape index (κ1) is 21.9. The van der Waals surface area contributed by atoms with E-state index < -0.39 is 48.8 Å². The van der Waals surface area contributed by atoms with E-state index in [1.165, 1.54) is 36.4 Å². The second-order valence-electron chi connectivity index (χ2n) is 7.29. The quantitative estimate of drug-likeness (QED) is 0.238. The van der Waals surface area contributed by atoms with Crippen LogP contribution >= 0.6 is 0 Å². The molecule has 0 bridgehead atoms. The average molecular weight is 448 g/mol. The Hall–Kier alpha value is -3.35. The molecule has 7 N–H and O–H groups in total. The molecule has 2 aliphatic rings. The van der Waals surface area contributed by atoms with Gasteiger partial charge in [0.05, 0.1) is 12.2 Å². The minimum absolute atomic E-state index is 0.0258. The lowest BCUT2D eigenvalue weighted by atomic mass is 9.99. The van der Waals surface area contributed by atoms with Crippen LogP contribution in [-0.2, 0) is 4.74 Å². The van der Waals surface area contributed by atoms with Crippen molar-refractivity contribution in [2.45, 2.75) is 30.7 Å². The molecule has 4 rings (SSSR count). The first-order valence-corrected chi connectivity index (χ1v) is 9.50. The van der Waals surface area contributed by atoms with Crippen LogP contribution in [0.5, 0.6) is 28.7 Å². The molecule has 2 aromatic carbocycles. The molecule has 2 aliphatic heterocycles. The van der Waals surface area contributed by atoms with Crippen LogP contribution in [0.2, 0.25) is 0 Å². The SMILES string of the molecule is O=C1C(=Cc2ccc(O)c(O)c2)Oc2c1ccc(O[C@H]1O[C@@H](CO)[C@@H](O)[C@@H](O)[C@@H]1O)c2O. The zero-order chi connectivity index (χ0) is 23.2. The van der Waals surface area contributed by atoms with Crippen LogP contribution in [0.3, 0.4) is 0 Å². The minimum atomic E-state index is -1.69. The van der Waals surface area contributed by atoms with E-state index in [-0.39, 0.29) is 34.3 Å². The number of aliphatic hydroxyl groups is 4. The van der Waals surface area contributed by atoms with Gasteiger partial charge in [-0.25, -0.2) is 0 Å². The lowest BCUT2D eigenvalue weighted by Crippen LogP contribution is -2.60. The molecule has 2 heterocycles. The molecule has 0 unspecified atom stereocenters. The van der Waals surface area contributed by atoms with E-state index >= 15 is 0 Å². The van der Waals surface area contributed by atoms with E-state index in [1.807, 2.05) is 0 Å². The maximum absolute atomic E-state index is 12.6. The Morgan fingerprint density at radius 2 is 1.72 bits per heavy atom. The smallest absolute Gasteiger partial charge is 0.232 e. The molecule has 1 saturated heterocycles. The molecule has 0 saturated carbocycles. The number of phenols is 3. The van der Waals surface area contributed by atoms with Gasteiger partial charge < -0.3 is 50.0 Å². The fraction of sp³-hybridized carbons (Fsp3) is 0.286. The van der Waals surface area contributed by atoms with Gasteiger partial charge in [0.2, 0.25) is 17.8 Å². The zero-order valence-corrected chi connectivity index (χ0v) is 16.3. The first-order chi connectivity index (χ1) is 15.2. The van der Waals surface area contributed by atoms with Gasteiger partial charge in [-0.3, -0.25) is 4.79 Å². The van der Waals surface area contributed by atoms with Gasteiger partial charge in [0, 0.05) is 0 Å². The highest BCUT2D eigenvalue weighted by Crippen LogP contribution is 2.45. The number of allylic oxidation sites excluding steroid dienone is 1. The summed E-state index contributed by atoms with van der Waals surface area (Å²) in [6.45, 7) is -0.653. The standard InChI is InChI=1S/C21H20O11/c22-7-14-16(26)18(28)19(29)21(32-14)31-12-4-2-9-15(25)13(30-20(9)17(12)27)6-8-1-3-10(23)11(24)5-8/h1-6,14,16,18-19,21-24,26-29H,7H2/t14-,16+,18+,19-,21-/m0/s1. The molecule has 0 radical (unpaired) electrons. The van der Waals surface area contributed by atoms with Crippen molar-refractivity contribution in [1.82, 2.24) is 0 Å². The Labute approximate surface area is 180 Å². The Morgan fingerprint density at radius 3 is 2.41 bits per heavy atom. The van der Waals surface area contributed by atoms with Gasteiger partial charge in [0.1, 0.15) is 24.4 Å². The van der Waals surface area contributed by atoms with E-state index in [1.54, 1.807) is 0 Å². The highest BCUT2D eigenvalue weighted by atomic mass is 16.7. The number of Topliss-reactive ketones (excluding diaryl/α,β-unsaturated/α-hetero) is 1. The second kappa shape index (κ2) is 8.30. The van der Waals surface area contributed by atoms with Crippen molar-refractivity contribution in [3.8, 4) is 28.7 Å². The maximum atomic E-state index is 12.6. The number of aliphatic hydroxyl groups excluding tert-OH is 4. The van der Waals surface area contributed by atoms with E-state index in [2.05, 4.69) is 0 Å². The third-order valence-corrected chi connectivity index (χ3v) is 5.16. The van der Waals surface area contributed by atoms with Crippen LogP contribution in [0.4, 0.5) is 0 Å². The van der Waals surface area contributed by atoms with Crippen LogP contribution in [0.25, 0.3) is 6.08 Å². The van der Waals surface area contributed by atoms with Gasteiger partial charge in [0.15, 0.2) is 28.8 Å². The Bertz CT molecular complexity index is 1080. The summed E-state index contributed by atoms with van der Waals surface area (Å²) in [6.07, 6.45) is -6.38. The summed E-state index contributed by atoms with van der Waals surface area (Å²) in [7, 11) is 0. The lowest BCUT2D eigenvalue weighted by Gasteiger charge is -2.39. The van der Waals surface area contributed by atoms with Gasteiger partial charge >= 0.3 is 0 Å². The Kier molecular flexibility index (Phi) is 5.67. The number of ketones is 1. The molecule has 11 nitrogen and oxygen atoms in total.